The van der Waals surface area contributed by atoms with Crippen molar-refractivity contribution in [3.63, 3.8) is 0 Å². The van der Waals surface area contributed by atoms with Crippen LogP contribution in [0, 0.1) is 0 Å². The molecule has 0 spiro atoms. The fourth-order valence-corrected chi connectivity index (χ4v) is 3.52. The van der Waals surface area contributed by atoms with Crippen molar-refractivity contribution in [2.45, 2.75) is 14.8 Å². The van der Waals surface area contributed by atoms with Gasteiger partial charge in [0.2, 0.25) is 10.0 Å². The first-order valence-corrected chi connectivity index (χ1v) is 8.56. The van der Waals surface area contributed by atoms with Gasteiger partial charge in [-0.15, -0.1) is 0 Å². The molecule has 1 heterocycles. The molecule has 21 heavy (non-hydrogen) atoms. The van der Waals surface area contributed by atoms with Crippen molar-refractivity contribution in [1.82, 2.24) is 9.29 Å². The van der Waals surface area contributed by atoms with Crippen molar-refractivity contribution in [3.05, 3.63) is 41.6 Å². The number of hydrogen-bond donors (Lipinski definition) is 1. The number of halogens is 1. The van der Waals surface area contributed by atoms with Crippen molar-refractivity contribution in [1.29, 1.82) is 0 Å². The predicted molar refractivity (Wildman–Crippen MR) is 85.1 cm³/mol. The molecular weight excluding hydrogens is 330 g/mol. The summed E-state index contributed by atoms with van der Waals surface area (Å²) in [5.41, 5.74) is 6.31. The summed E-state index contributed by atoms with van der Waals surface area (Å²) < 4.78 is 25.2. The maximum absolute atomic E-state index is 12.0. The molecule has 0 atom stereocenters. The molecular formula is C13H14ClN3O2S2. The third kappa shape index (κ3) is 3.49. The molecule has 2 aromatic rings. The molecule has 1 aromatic heterocycles. The Balaban J connectivity index is 2.35. The minimum Gasteiger partial charge on any atom is -0.398 e. The van der Waals surface area contributed by atoms with Crippen molar-refractivity contribution < 1.29 is 8.42 Å². The molecule has 5 nitrogen and oxygen atoms in total. The van der Waals surface area contributed by atoms with Gasteiger partial charge in [0.1, 0.15) is 5.03 Å². The highest BCUT2D eigenvalue weighted by Crippen LogP contribution is 2.35. The predicted octanol–water partition coefficient (Wildman–Crippen LogP) is 2.72. The van der Waals surface area contributed by atoms with E-state index in [9.17, 15) is 8.42 Å². The summed E-state index contributed by atoms with van der Waals surface area (Å²) in [5, 5.41) is 1.14. The van der Waals surface area contributed by atoms with Crippen molar-refractivity contribution in [3.8, 4) is 0 Å². The Kier molecular flexibility index (Phi) is 4.77. The molecule has 112 valence electrons. The average molecular weight is 344 g/mol. The lowest BCUT2D eigenvalue weighted by Crippen LogP contribution is -2.22. The van der Waals surface area contributed by atoms with Crippen LogP contribution in [-0.2, 0) is 10.0 Å². The number of rotatable bonds is 4. The molecule has 0 aliphatic carbocycles. The first kappa shape index (κ1) is 16.1. The molecule has 2 rings (SSSR count). The van der Waals surface area contributed by atoms with Gasteiger partial charge in [0, 0.05) is 30.9 Å². The maximum atomic E-state index is 12.0. The summed E-state index contributed by atoms with van der Waals surface area (Å²) in [5.74, 6) is 0. The zero-order chi connectivity index (χ0) is 15.6. The summed E-state index contributed by atoms with van der Waals surface area (Å²) in [6.07, 6.45) is 1.63. The largest absolute Gasteiger partial charge is 0.398 e. The van der Waals surface area contributed by atoms with Crippen LogP contribution in [-0.4, -0.2) is 31.8 Å². The van der Waals surface area contributed by atoms with E-state index in [0.29, 0.717) is 20.6 Å². The van der Waals surface area contributed by atoms with Crippen LogP contribution in [0.25, 0.3) is 0 Å². The topological polar surface area (TPSA) is 76.3 Å². The Morgan fingerprint density at radius 2 is 2.00 bits per heavy atom. The number of pyridine rings is 1. The van der Waals surface area contributed by atoms with E-state index in [-0.39, 0.29) is 4.90 Å². The second-order valence-electron chi connectivity index (χ2n) is 4.38. The van der Waals surface area contributed by atoms with Crippen LogP contribution < -0.4 is 5.73 Å². The van der Waals surface area contributed by atoms with Gasteiger partial charge >= 0.3 is 0 Å². The molecule has 0 amide bonds. The fourth-order valence-electron chi connectivity index (χ4n) is 1.54. The molecule has 8 heteroatoms. The first-order valence-electron chi connectivity index (χ1n) is 5.93. The summed E-state index contributed by atoms with van der Waals surface area (Å²) in [7, 11) is -0.547. The average Bonchev–Trinajstić information content (AvgIpc) is 2.43. The molecule has 0 bridgehead atoms. The Hall–Kier alpha value is -1.28. The van der Waals surface area contributed by atoms with E-state index >= 15 is 0 Å². The van der Waals surface area contributed by atoms with Gasteiger partial charge < -0.3 is 5.73 Å². The Morgan fingerprint density at radius 1 is 1.29 bits per heavy atom. The Labute approximate surface area is 133 Å². The first-order chi connectivity index (χ1) is 9.82. The Bertz CT molecular complexity index is 764. The van der Waals surface area contributed by atoms with Gasteiger partial charge in [-0.1, -0.05) is 23.4 Å². The van der Waals surface area contributed by atoms with Gasteiger partial charge in [0.25, 0.3) is 0 Å². The smallest absolute Gasteiger partial charge is 0.242 e. The monoisotopic (exact) mass is 343 g/mol. The van der Waals surface area contributed by atoms with Crippen LogP contribution in [0.1, 0.15) is 0 Å². The van der Waals surface area contributed by atoms with Crippen LogP contribution in [0.4, 0.5) is 5.69 Å². The number of aromatic nitrogens is 1. The van der Waals surface area contributed by atoms with Crippen molar-refractivity contribution in [2.75, 3.05) is 19.8 Å². The summed E-state index contributed by atoms with van der Waals surface area (Å²) in [4.78, 5) is 5.02. The van der Waals surface area contributed by atoms with Gasteiger partial charge in [-0.3, -0.25) is 0 Å². The number of nitrogens with zero attached hydrogens (tertiary/aromatic N) is 2. The normalized spacial score (nSPS) is 11.8. The van der Waals surface area contributed by atoms with E-state index < -0.39 is 10.0 Å². The molecule has 0 saturated heterocycles. The quantitative estimate of drug-likeness (QED) is 0.864. The standard InChI is InChI=1S/C13H14ClN3O2S2/c1-17(2)21(18,19)9-5-6-12(11(15)8-9)20-13-10(14)4-3-7-16-13/h3-8H,15H2,1-2H3. The minimum absolute atomic E-state index is 0.154. The third-order valence-corrected chi connectivity index (χ3v) is 6.03. The number of anilines is 1. The summed E-state index contributed by atoms with van der Waals surface area (Å²) in [6.45, 7) is 0. The van der Waals surface area contributed by atoms with Crippen LogP contribution in [0.15, 0.2) is 51.3 Å². The second kappa shape index (κ2) is 6.23. The van der Waals surface area contributed by atoms with Crippen molar-refractivity contribution >= 4 is 39.1 Å². The number of benzene rings is 1. The van der Waals surface area contributed by atoms with Gasteiger partial charge in [-0.25, -0.2) is 17.7 Å². The van der Waals surface area contributed by atoms with Crippen LogP contribution >= 0.6 is 23.4 Å². The molecule has 0 aliphatic heterocycles. The third-order valence-electron chi connectivity index (χ3n) is 2.69. The van der Waals surface area contributed by atoms with Gasteiger partial charge in [-0.05, 0) is 30.3 Å². The molecule has 0 unspecified atom stereocenters. The molecule has 0 radical (unpaired) electrons. The van der Waals surface area contributed by atoms with E-state index in [1.54, 1.807) is 24.4 Å². The maximum Gasteiger partial charge on any atom is 0.242 e. The highest BCUT2D eigenvalue weighted by molar-refractivity contribution is 7.99. The van der Waals surface area contributed by atoms with Gasteiger partial charge in [0.15, 0.2) is 0 Å². The second-order valence-corrected chi connectivity index (χ2v) is 7.97. The number of sulfonamides is 1. The molecule has 2 N–H and O–H groups in total. The van der Waals surface area contributed by atoms with E-state index in [0.717, 1.165) is 4.31 Å². The number of nitrogens with two attached hydrogens (primary N) is 1. The van der Waals surface area contributed by atoms with Gasteiger partial charge in [0.05, 0.1) is 9.92 Å². The summed E-state index contributed by atoms with van der Waals surface area (Å²) in [6, 6.07) is 8.08. The molecule has 1 aromatic carbocycles. The summed E-state index contributed by atoms with van der Waals surface area (Å²) >= 11 is 7.34. The minimum atomic E-state index is -3.49. The lowest BCUT2D eigenvalue weighted by atomic mass is 10.3. The molecule has 0 fully saturated rings. The Morgan fingerprint density at radius 3 is 2.57 bits per heavy atom. The van der Waals surface area contributed by atoms with Crippen LogP contribution in [0.5, 0.6) is 0 Å². The highest BCUT2D eigenvalue weighted by atomic mass is 35.5. The lowest BCUT2D eigenvalue weighted by molar-refractivity contribution is 0.520. The van der Waals surface area contributed by atoms with Crippen LogP contribution in [0.2, 0.25) is 5.02 Å². The number of nitrogen functional groups attached to an aromatic ring is 1. The van der Waals surface area contributed by atoms with Crippen molar-refractivity contribution in [2.24, 2.45) is 0 Å². The molecule has 0 saturated carbocycles. The van der Waals surface area contributed by atoms with E-state index in [1.165, 1.54) is 38.0 Å². The SMILES string of the molecule is CN(C)S(=O)(=O)c1ccc(Sc2ncccc2Cl)c(N)c1. The fraction of sp³-hybridized carbons (Fsp3) is 0.154. The lowest BCUT2D eigenvalue weighted by Gasteiger charge is -2.13. The zero-order valence-corrected chi connectivity index (χ0v) is 13.8. The van der Waals surface area contributed by atoms with Crippen LogP contribution in [0.3, 0.4) is 0 Å². The van der Waals surface area contributed by atoms with E-state index in [2.05, 4.69) is 4.98 Å². The number of hydrogen-bond acceptors (Lipinski definition) is 5. The van der Waals surface area contributed by atoms with Gasteiger partial charge in [-0.2, -0.15) is 0 Å². The van der Waals surface area contributed by atoms with E-state index in [1.807, 2.05) is 0 Å². The zero-order valence-electron chi connectivity index (χ0n) is 11.4. The molecule has 0 aliphatic rings. The van der Waals surface area contributed by atoms with E-state index in [4.69, 9.17) is 17.3 Å². The highest BCUT2D eigenvalue weighted by Gasteiger charge is 2.18.